The number of ether oxygens (including phenoxy) is 4. The monoisotopic (exact) mass is 400 g/mol. The molecule has 1 saturated carbocycles. The van der Waals surface area contributed by atoms with E-state index in [1.54, 1.807) is 30.3 Å². The molecule has 4 aliphatic rings. The van der Waals surface area contributed by atoms with Crippen molar-refractivity contribution in [2.45, 2.75) is 31.0 Å². The number of benzene rings is 1. The van der Waals surface area contributed by atoms with E-state index < -0.39 is 41.4 Å². The molecule has 8 nitrogen and oxygen atoms in total. The summed E-state index contributed by atoms with van der Waals surface area (Å²) in [5.74, 6) is -3.94. The molecule has 0 amide bonds. The van der Waals surface area contributed by atoms with Crippen LogP contribution in [0.1, 0.15) is 29.6 Å². The predicted octanol–water partition coefficient (Wildman–Crippen LogP) is 1.27. The van der Waals surface area contributed by atoms with Crippen LogP contribution >= 0.6 is 0 Å². The Labute approximate surface area is 166 Å². The average molecular weight is 400 g/mol. The molecule has 1 aromatic carbocycles. The first kappa shape index (κ1) is 18.3. The van der Waals surface area contributed by atoms with Crippen LogP contribution in [0.3, 0.4) is 0 Å². The maximum Gasteiger partial charge on any atom is 0.338 e. The van der Waals surface area contributed by atoms with Gasteiger partial charge in [0.1, 0.15) is 24.0 Å². The van der Waals surface area contributed by atoms with E-state index in [0.717, 1.165) is 12.8 Å². The van der Waals surface area contributed by atoms with Crippen LogP contribution in [0.2, 0.25) is 0 Å². The molecule has 8 heteroatoms. The van der Waals surface area contributed by atoms with E-state index in [1.807, 2.05) is 0 Å². The molecule has 0 N–H and O–H groups in total. The Morgan fingerprint density at radius 3 is 2.55 bits per heavy atom. The molecule has 1 aliphatic carbocycles. The summed E-state index contributed by atoms with van der Waals surface area (Å²) in [4.78, 5) is 48.7. The standard InChI is InChI=1S/C21H20O8/c22-17(11-4-2-1-3-5-11)26-9-13-8-21(10-27-18(23)12-6-7-12)15-14(16(13)29-21)19(24)28-20(15)25/h1-5,12-16H,6-10H2/t13-,14?,15?,16+,21-/m1/s1. The van der Waals surface area contributed by atoms with Gasteiger partial charge in [-0.2, -0.15) is 0 Å². The van der Waals surface area contributed by atoms with E-state index >= 15 is 0 Å². The summed E-state index contributed by atoms with van der Waals surface area (Å²) in [7, 11) is 0. The van der Waals surface area contributed by atoms with Gasteiger partial charge < -0.3 is 18.9 Å². The van der Waals surface area contributed by atoms with Crippen LogP contribution in [0.15, 0.2) is 30.3 Å². The summed E-state index contributed by atoms with van der Waals surface area (Å²) < 4.78 is 21.8. The highest BCUT2D eigenvalue weighted by Crippen LogP contribution is 2.57. The van der Waals surface area contributed by atoms with Crippen molar-refractivity contribution in [2.75, 3.05) is 13.2 Å². The molecule has 3 heterocycles. The van der Waals surface area contributed by atoms with E-state index in [0.29, 0.717) is 12.0 Å². The van der Waals surface area contributed by atoms with Gasteiger partial charge in [-0.3, -0.25) is 14.4 Å². The summed E-state index contributed by atoms with van der Waals surface area (Å²) in [5.41, 5.74) is -0.676. The third-order valence-corrected chi connectivity index (χ3v) is 6.26. The van der Waals surface area contributed by atoms with Gasteiger partial charge in [0.05, 0.1) is 24.2 Å². The number of cyclic esters (lactones) is 2. The van der Waals surface area contributed by atoms with Crippen molar-refractivity contribution in [3.8, 4) is 0 Å². The molecule has 1 aromatic rings. The lowest BCUT2D eigenvalue weighted by Crippen LogP contribution is -2.47. The zero-order chi connectivity index (χ0) is 20.2. The lowest BCUT2D eigenvalue weighted by molar-refractivity contribution is -0.166. The Bertz CT molecular complexity index is 876. The zero-order valence-electron chi connectivity index (χ0n) is 15.6. The van der Waals surface area contributed by atoms with Crippen molar-refractivity contribution in [1.82, 2.24) is 0 Å². The second-order valence-corrected chi connectivity index (χ2v) is 8.20. The van der Waals surface area contributed by atoms with Crippen molar-refractivity contribution in [3.05, 3.63) is 35.9 Å². The second-order valence-electron chi connectivity index (χ2n) is 8.20. The zero-order valence-corrected chi connectivity index (χ0v) is 15.6. The van der Waals surface area contributed by atoms with E-state index in [1.165, 1.54) is 0 Å². The van der Waals surface area contributed by atoms with E-state index in [9.17, 15) is 19.2 Å². The summed E-state index contributed by atoms with van der Waals surface area (Å²) in [6, 6.07) is 8.59. The number of rotatable bonds is 6. The van der Waals surface area contributed by atoms with Gasteiger partial charge in [-0.1, -0.05) is 18.2 Å². The van der Waals surface area contributed by atoms with Crippen molar-refractivity contribution in [1.29, 1.82) is 0 Å². The fourth-order valence-corrected chi connectivity index (χ4v) is 4.73. The molecule has 2 bridgehead atoms. The molecule has 3 aliphatic heterocycles. The SMILES string of the molecule is O=C(OC[C@H]1C[C@]2(COC(=O)C3CC3)O[C@@H]1C1C(=O)OC(=O)C12)c1ccccc1. The normalized spacial score (nSPS) is 34.6. The number of esters is 4. The van der Waals surface area contributed by atoms with Gasteiger partial charge in [0, 0.05) is 5.92 Å². The Morgan fingerprint density at radius 1 is 1.07 bits per heavy atom. The highest BCUT2D eigenvalue weighted by Gasteiger charge is 2.72. The first-order valence-corrected chi connectivity index (χ1v) is 9.81. The quantitative estimate of drug-likeness (QED) is 0.399. The van der Waals surface area contributed by atoms with E-state index in [4.69, 9.17) is 18.9 Å². The molecule has 4 fully saturated rings. The predicted molar refractivity (Wildman–Crippen MR) is 94.2 cm³/mol. The average Bonchev–Trinajstić information content (AvgIpc) is 3.35. The minimum absolute atomic E-state index is 0.0431. The van der Waals surface area contributed by atoms with Crippen molar-refractivity contribution >= 4 is 23.9 Å². The van der Waals surface area contributed by atoms with Gasteiger partial charge in [-0.25, -0.2) is 4.79 Å². The smallest absolute Gasteiger partial charge is 0.338 e. The lowest BCUT2D eigenvalue weighted by atomic mass is 9.69. The molecule has 29 heavy (non-hydrogen) atoms. The molecule has 152 valence electrons. The molecule has 5 rings (SSSR count). The van der Waals surface area contributed by atoms with Gasteiger partial charge in [0.2, 0.25) is 0 Å². The Morgan fingerprint density at radius 2 is 1.83 bits per heavy atom. The Kier molecular flexibility index (Phi) is 4.20. The molecule has 3 saturated heterocycles. The first-order chi connectivity index (χ1) is 14.0. The molecule has 0 spiro atoms. The van der Waals surface area contributed by atoms with E-state index in [2.05, 4.69) is 0 Å². The van der Waals surface area contributed by atoms with Crippen molar-refractivity contribution in [2.24, 2.45) is 23.7 Å². The Balaban J connectivity index is 1.30. The summed E-state index contributed by atoms with van der Waals surface area (Å²) in [6.45, 7) is -0.0626. The van der Waals surface area contributed by atoms with Crippen LogP contribution in [0.25, 0.3) is 0 Å². The summed E-state index contributed by atoms with van der Waals surface area (Å²) in [5, 5.41) is 0. The topological polar surface area (TPSA) is 105 Å². The highest BCUT2D eigenvalue weighted by atomic mass is 16.6. The highest BCUT2D eigenvalue weighted by molar-refractivity contribution is 5.98. The van der Waals surface area contributed by atoms with Gasteiger partial charge in [0.15, 0.2) is 0 Å². The second kappa shape index (κ2) is 6.66. The van der Waals surface area contributed by atoms with Crippen LogP contribution in [-0.2, 0) is 33.3 Å². The molecular formula is C21H20O8. The van der Waals surface area contributed by atoms with E-state index in [-0.39, 0.29) is 31.0 Å². The van der Waals surface area contributed by atoms with Crippen LogP contribution in [0, 0.1) is 23.7 Å². The number of hydrogen-bond donors (Lipinski definition) is 0. The fraction of sp³-hybridized carbons (Fsp3) is 0.524. The van der Waals surface area contributed by atoms with Gasteiger partial charge >= 0.3 is 23.9 Å². The molecular weight excluding hydrogens is 380 g/mol. The molecule has 0 aromatic heterocycles. The number of hydrogen-bond acceptors (Lipinski definition) is 8. The third kappa shape index (κ3) is 3.02. The largest absolute Gasteiger partial charge is 0.462 e. The first-order valence-electron chi connectivity index (χ1n) is 9.81. The minimum atomic E-state index is -1.10. The van der Waals surface area contributed by atoms with Gasteiger partial charge in [-0.15, -0.1) is 0 Å². The van der Waals surface area contributed by atoms with Crippen molar-refractivity contribution in [3.63, 3.8) is 0 Å². The van der Waals surface area contributed by atoms with Gasteiger partial charge in [-0.05, 0) is 31.4 Å². The fourth-order valence-electron chi connectivity index (χ4n) is 4.73. The third-order valence-electron chi connectivity index (χ3n) is 6.26. The molecule has 0 radical (unpaired) electrons. The summed E-state index contributed by atoms with van der Waals surface area (Å²) >= 11 is 0. The number of fused-ring (bicyclic) bond motifs is 5. The van der Waals surface area contributed by atoms with Crippen LogP contribution < -0.4 is 0 Å². The Hall–Kier alpha value is -2.74. The van der Waals surface area contributed by atoms with Crippen LogP contribution in [0.4, 0.5) is 0 Å². The summed E-state index contributed by atoms with van der Waals surface area (Å²) in [6.07, 6.45) is 1.35. The maximum absolute atomic E-state index is 12.3. The maximum atomic E-state index is 12.3. The van der Waals surface area contributed by atoms with Gasteiger partial charge in [0.25, 0.3) is 0 Å². The number of carbonyl (C=O) groups is 4. The van der Waals surface area contributed by atoms with Crippen LogP contribution in [-0.4, -0.2) is 48.8 Å². The number of carbonyl (C=O) groups excluding carboxylic acids is 4. The molecule has 5 atom stereocenters. The minimum Gasteiger partial charge on any atom is -0.462 e. The lowest BCUT2D eigenvalue weighted by Gasteiger charge is -2.31. The van der Waals surface area contributed by atoms with Crippen molar-refractivity contribution < 1.29 is 38.1 Å². The molecule has 2 unspecified atom stereocenters. The van der Waals surface area contributed by atoms with Crippen LogP contribution in [0.5, 0.6) is 0 Å².